The first kappa shape index (κ1) is 24.6. The van der Waals surface area contributed by atoms with Crippen LogP contribution in [0.4, 0.5) is 9.05 Å². The number of hydrogen-bond acceptors (Lipinski definition) is 4. The Bertz CT molecular complexity index is 1150. The van der Waals surface area contributed by atoms with E-state index in [1.807, 2.05) is 30.7 Å². The largest absolute Gasteiger partial charge is 0.399 e. The molecule has 0 spiro atoms. The normalized spacial score (nSPS) is 12.1. The van der Waals surface area contributed by atoms with E-state index in [0.29, 0.717) is 39.8 Å². The van der Waals surface area contributed by atoms with Crippen molar-refractivity contribution in [2.24, 2.45) is 0 Å². The maximum absolute atomic E-state index is 12.4. The summed E-state index contributed by atoms with van der Waals surface area (Å²) in [5.41, 5.74) is 4.03. The minimum absolute atomic E-state index is 0.378. The molecule has 5 nitrogen and oxygen atoms in total. The van der Waals surface area contributed by atoms with Gasteiger partial charge < -0.3 is 9.30 Å². The summed E-state index contributed by atoms with van der Waals surface area (Å²) in [4.78, 5) is 0. The summed E-state index contributed by atoms with van der Waals surface area (Å²) in [5.74, 6) is 0. The number of halogens is 5. The van der Waals surface area contributed by atoms with E-state index in [1.165, 1.54) is 0 Å². The van der Waals surface area contributed by atoms with Crippen LogP contribution in [0.25, 0.3) is 10.9 Å². The number of ether oxygens (including phenoxy) is 1. The molecule has 11 heteroatoms. The minimum atomic E-state index is -4.48. The van der Waals surface area contributed by atoms with E-state index in [9.17, 15) is 13.6 Å². The molecule has 0 atom stereocenters. The Balaban J connectivity index is 1.99. The second-order valence-electron chi connectivity index (χ2n) is 6.95. The van der Waals surface area contributed by atoms with E-state index in [1.54, 1.807) is 18.2 Å². The lowest BCUT2D eigenvalue weighted by molar-refractivity contribution is -0.0881. The van der Waals surface area contributed by atoms with E-state index in [2.05, 4.69) is 25.4 Å². The van der Waals surface area contributed by atoms with Crippen LogP contribution in [-0.2, 0) is 38.1 Å². The van der Waals surface area contributed by atoms with Crippen molar-refractivity contribution in [3.63, 3.8) is 0 Å². The number of fused-ring (bicyclic) bond motifs is 1. The number of nitrogens with zero attached hydrogens (tertiary/aromatic N) is 1. The predicted octanol–water partition coefficient (Wildman–Crippen LogP) is 8.10. The molecule has 0 aliphatic heterocycles. The Hall–Kier alpha value is -0.990. The van der Waals surface area contributed by atoms with Crippen LogP contribution in [-0.4, -0.2) is 11.2 Å². The van der Waals surface area contributed by atoms with E-state index in [4.69, 9.17) is 27.9 Å². The highest BCUT2D eigenvalue weighted by atomic mass is 79.9. The third kappa shape index (κ3) is 5.33. The van der Waals surface area contributed by atoms with E-state index in [-0.39, 0.29) is 0 Å². The molecular formula is C20H19BrCl2F2NO4P. The Morgan fingerprint density at radius 2 is 1.87 bits per heavy atom. The molecule has 0 fully saturated rings. The van der Waals surface area contributed by atoms with Gasteiger partial charge in [0.15, 0.2) is 0 Å². The highest BCUT2D eigenvalue weighted by Gasteiger charge is 2.29. The van der Waals surface area contributed by atoms with Crippen LogP contribution in [0.15, 0.2) is 34.9 Å². The Morgan fingerprint density at radius 1 is 1.16 bits per heavy atom. The van der Waals surface area contributed by atoms with Gasteiger partial charge in [-0.25, -0.2) is 0 Å². The first-order valence-electron chi connectivity index (χ1n) is 9.24. The van der Waals surface area contributed by atoms with Gasteiger partial charge in [0.05, 0.1) is 28.3 Å². The molecule has 0 aliphatic carbocycles. The van der Waals surface area contributed by atoms with Gasteiger partial charge in [-0.05, 0) is 51.7 Å². The highest BCUT2D eigenvalue weighted by Crippen LogP contribution is 2.53. The molecule has 0 saturated carbocycles. The smallest absolute Gasteiger partial charge is 0.377 e. The first-order chi connectivity index (χ1) is 14.7. The van der Waals surface area contributed by atoms with E-state index in [0.717, 1.165) is 27.6 Å². The molecule has 0 saturated heterocycles. The molecule has 3 rings (SSSR count). The lowest BCUT2D eigenvalue weighted by Crippen LogP contribution is -2.01. The Kier molecular flexibility index (Phi) is 8.19. The average Bonchev–Trinajstić information content (AvgIpc) is 3.09. The fourth-order valence-electron chi connectivity index (χ4n) is 3.41. The molecule has 2 aromatic carbocycles. The molecule has 0 bridgehead atoms. The first-order valence-corrected chi connectivity index (χ1v) is 12.5. The zero-order chi connectivity index (χ0) is 22.8. The fraction of sp³-hybridized carbons (Fsp3) is 0.300. The van der Waals surface area contributed by atoms with Gasteiger partial charge >= 0.3 is 7.60 Å². The van der Waals surface area contributed by atoms with Crippen molar-refractivity contribution in [2.45, 2.75) is 33.2 Å². The Morgan fingerprint density at radius 3 is 2.48 bits per heavy atom. The van der Waals surface area contributed by atoms with Gasteiger partial charge in [-0.3, -0.25) is 4.57 Å². The predicted molar refractivity (Wildman–Crippen MR) is 121 cm³/mol. The van der Waals surface area contributed by atoms with Gasteiger partial charge in [0, 0.05) is 34.8 Å². The standard InChI is InChI=1S/C20H19BrCl2F2NO4P/c1-3-28-10-15-9-26(20-12(2)19(23)18(22)7-16(15)20)8-13-4-5-14(17(21)6-13)11-31(27,29-24)30-25/h4-7,9H,3,8,10-11H2,1-2H3. The number of rotatable bonds is 9. The summed E-state index contributed by atoms with van der Waals surface area (Å²) < 4.78 is 51.0. The maximum Gasteiger partial charge on any atom is 0.399 e. The monoisotopic (exact) mass is 555 g/mol. The molecule has 0 N–H and O–H groups in total. The summed E-state index contributed by atoms with van der Waals surface area (Å²) in [5, 5.41) is 1.92. The van der Waals surface area contributed by atoms with Gasteiger partial charge in [-0.15, -0.1) is 9.46 Å². The molecule has 0 amide bonds. The topological polar surface area (TPSA) is 49.7 Å². The third-order valence-electron chi connectivity index (χ3n) is 4.87. The zero-order valence-electron chi connectivity index (χ0n) is 16.6. The average molecular weight is 557 g/mol. The van der Waals surface area contributed by atoms with Crippen molar-refractivity contribution >= 4 is 57.6 Å². The molecule has 0 unspecified atom stereocenters. The molecule has 168 valence electrons. The van der Waals surface area contributed by atoms with Crippen LogP contribution in [0.3, 0.4) is 0 Å². The highest BCUT2D eigenvalue weighted by molar-refractivity contribution is 9.10. The van der Waals surface area contributed by atoms with Gasteiger partial charge in [-0.1, -0.05) is 51.3 Å². The third-order valence-corrected chi connectivity index (χ3v) is 7.64. The van der Waals surface area contributed by atoms with E-state index < -0.39 is 13.8 Å². The van der Waals surface area contributed by atoms with Crippen molar-refractivity contribution in [1.82, 2.24) is 4.57 Å². The molecule has 31 heavy (non-hydrogen) atoms. The van der Waals surface area contributed by atoms with Crippen molar-refractivity contribution in [1.29, 1.82) is 0 Å². The number of aromatic nitrogens is 1. The number of benzene rings is 2. The van der Waals surface area contributed by atoms with Crippen LogP contribution in [0, 0.1) is 6.92 Å². The Labute approximate surface area is 196 Å². The minimum Gasteiger partial charge on any atom is -0.377 e. The van der Waals surface area contributed by atoms with Crippen LogP contribution < -0.4 is 0 Å². The molecular weight excluding hydrogens is 538 g/mol. The quantitative estimate of drug-likeness (QED) is 0.250. The van der Waals surface area contributed by atoms with Gasteiger partial charge in [0.2, 0.25) is 0 Å². The number of aryl methyl sites for hydroxylation is 1. The van der Waals surface area contributed by atoms with Crippen molar-refractivity contribution < 1.29 is 27.8 Å². The van der Waals surface area contributed by atoms with Gasteiger partial charge in [0.25, 0.3) is 0 Å². The van der Waals surface area contributed by atoms with E-state index >= 15 is 0 Å². The van der Waals surface area contributed by atoms with Crippen molar-refractivity contribution in [3.8, 4) is 0 Å². The van der Waals surface area contributed by atoms with Crippen LogP contribution in [0.1, 0.15) is 29.2 Å². The van der Waals surface area contributed by atoms with Crippen molar-refractivity contribution in [3.05, 3.63) is 67.2 Å². The fourth-order valence-corrected chi connectivity index (χ4v) is 5.40. The lowest BCUT2D eigenvalue weighted by Gasteiger charge is -2.12. The molecule has 1 aromatic heterocycles. The zero-order valence-corrected chi connectivity index (χ0v) is 20.6. The maximum atomic E-state index is 12.4. The van der Waals surface area contributed by atoms with Gasteiger partial charge in [0.1, 0.15) is 0 Å². The summed E-state index contributed by atoms with van der Waals surface area (Å²) in [7, 11) is -4.48. The number of hydrogen-bond donors (Lipinski definition) is 0. The van der Waals surface area contributed by atoms with Crippen LogP contribution in [0.2, 0.25) is 10.0 Å². The summed E-state index contributed by atoms with van der Waals surface area (Å²) in [6.45, 7) is 5.32. The summed E-state index contributed by atoms with van der Waals surface area (Å²) in [6.07, 6.45) is 1.43. The summed E-state index contributed by atoms with van der Waals surface area (Å²) >= 11 is 16.0. The molecule has 0 aliphatic rings. The molecule has 1 heterocycles. The second-order valence-corrected chi connectivity index (χ2v) is 10.4. The van der Waals surface area contributed by atoms with Crippen LogP contribution >= 0.6 is 46.7 Å². The van der Waals surface area contributed by atoms with Crippen molar-refractivity contribution in [2.75, 3.05) is 6.61 Å². The SMILES string of the molecule is CCOCc1cn(Cc2ccc(CP(=O)(OF)OF)c(Br)c2)c2c(C)c(Cl)c(Cl)cc12. The van der Waals surface area contributed by atoms with Gasteiger partial charge in [-0.2, -0.15) is 0 Å². The van der Waals surface area contributed by atoms with Crippen LogP contribution in [0.5, 0.6) is 0 Å². The summed E-state index contributed by atoms with van der Waals surface area (Å²) in [6, 6.07) is 6.98. The second kappa shape index (κ2) is 10.3. The molecule has 0 radical (unpaired) electrons. The lowest BCUT2D eigenvalue weighted by atomic mass is 10.1. The molecule has 3 aromatic rings.